The van der Waals surface area contributed by atoms with E-state index in [0.29, 0.717) is 0 Å². The molecule has 1 aliphatic rings. The zero-order valence-corrected chi connectivity index (χ0v) is 13.8. The van der Waals surface area contributed by atoms with Gasteiger partial charge >= 0.3 is 0 Å². The first-order chi connectivity index (χ1) is 11.3. The molecule has 0 aliphatic carbocycles. The molecule has 0 saturated carbocycles. The highest BCUT2D eigenvalue weighted by Gasteiger charge is 2.12. The molecular weight excluding hydrogens is 288 g/mol. The third-order valence-electron chi connectivity index (χ3n) is 4.21. The second-order valence-corrected chi connectivity index (χ2v) is 5.80. The van der Waals surface area contributed by atoms with E-state index in [1.165, 1.54) is 22.5 Å². The summed E-state index contributed by atoms with van der Waals surface area (Å²) in [6, 6.07) is 14.8. The van der Waals surface area contributed by atoms with Gasteiger partial charge in [0.15, 0.2) is 0 Å². The molecule has 0 aromatic heterocycles. The minimum Gasteiger partial charge on any atom is -0.497 e. The Bertz CT molecular complexity index is 652. The van der Waals surface area contributed by atoms with Crippen molar-refractivity contribution in [2.75, 3.05) is 43.6 Å². The molecule has 1 saturated heterocycles. The van der Waals surface area contributed by atoms with Gasteiger partial charge in [-0.15, -0.1) is 0 Å². The number of nitrogens with one attached hydrogen (secondary N) is 1. The van der Waals surface area contributed by atoms with Crippen LogP contribution in [0.1, 0.15) is 11.1 Å². The Hall–Kier alpha value is -2.20. The quantitative estimate of drug-likeness (QED) is 0.917. The number of methoxy groups -OCH3 is 1. The van der Waals surface area contributed by atoms with E-state index in [4.69, 9.17) is 9.47 Å². The average Bonchev–Trinajstić information content (AvgIpc) is 2.62. The summed E-state index contributed by atoms with van der Waals surface area (Å²) in [5.74, 6) is 0.892. The van der Waals surface area contributed by atoms with Crippen LogP contribution in [0.5, 0.6) is 5.75 Å². The van der Waals surface area contributed by atoms with Crippen molar-refractivity contribution in [3.63, 3.8) is 0 Å². The second-order valence-electron chi connectivity index (χ2n) is 5.80. The lowest BCUT2D eigenvalue weighted by atomic mass is 10.1. The van der Waals surface area contributed by atoms with Crippen LogP contribution in [-0.2, 0) is 11.3 Å². The first-order valence-corrected chi connectivity index (χ1v) is 8.06. The summed E-state index contributed by atoms with van der Waals surface area (Å²) in [4.78, 5) is 2.37. The highest BCUT2D eigenvalue weighted by atomic mass is 16.5. The zero-order valence-electron chi connectivity index (χ0n) is 13.8. The minimum atomic E-state index is 0.782. The predicted molar refractivity (Wildman–Crippen MR) is 94.5 cm³/mol. The maximum absolute atomic E-state index is 5.43. The van der Waals surface area contributed by atoms with E-state index in [-0.39, 0.29) is 0 Å². The maximum atomic E-state index is 5.43. The summed E-state index contributed by atoms with van der Waals surface area (Å²) in [5, 5.41) is 3.55. The van der Waals surface area contributed by atoms with Crippen LogP contribution in [0.2, 0.25) is 0 Å². The van der Waals surface area contributed by atoms with Crippen molar-refractivity contribution in [2.24, 2.45) is 0 Å². The van der Waals surface area contributed by atoms with E-state index in [1.54, 1.807) is 7.11 Å². The minimum absolute atomic E-state index is 0.782. The molecular formula is C19H24N2O2. The Morgan fingerprint density at radius 2 is 1.96 bits per heavy atom. The molecule has 4 nitrogen and oxygen atoms in total. The van der Waals surface area contributed by atoms with Gasteiger partial charge in [-0.05, 0) is 42.3 Å². The van der Waals surface area contributed by atoms with E-state index in [2.05, 4.69) is 47.5 Å². The van der Waals surface area contributed by atoms with Gasteiger partial charge in [-0.25, -0.2) is 0 Å². The number of anilines is 2. The van der Waals surface area contributed by atoms with Crippen LogP contribution in [0.15, 0.2) is 42.5 Å². The summed E-state index contributed by atoms with van der Waals surface area (Å²) >= 11 is 0. The molecule has 1 heterocycles. The average molecular weight is 312 g/mol. The van der Waals surface area contributed by atoms with Crippen molar-refractivity contribution in [1.82, 2.24) is 0 Å². The lowest BCUT2D eigenvalue weighted by Gasteiger charge is -2.29. The molecule has 0 radical (unpaired) electrons. The predicted octanol–water partition coefficient (Wildman–Crippen LogP) is 3.45. The summed E-state index contributed by atoms with van der Waals surface area (Å²) in [7, 11) is 1.70. The molecule has 3 rings (SSSR count). The largest absolute Gasteiger partial charge is 0.497 e. The molecule has 0 bridgehead atoms. The van der Waals surface area contributed by atoms with Crippen LogP contribution in [-0.4, -0.2) is 33.4 Å². The van der Waals surface area contributed by atoms with Crippen molar-refractivity contribution in [3.8, 4) is 5.75 Å². The van der Waals surface area contributed by atoms with Gasteiger partial charge in [-0.1, -0.05) is 18.2 Å². The monoisotopic (exact) mass is 312 g/mol. The molecule has 4 heteroatoms. The fourth-order valence-corrected chi connectivity index (χ4v) is 2.80. The van der Waals surface area contributed by atoms with E-state index in [0.717, 1.165) is 38.6 Å². The third kappa shape index (κ3) is 3.96. The van der Waals surface area contributed by atoms with Crippen molar-refractivity contribution >= 4 is 11.4 Å². The highest BCUT2D eigenvalue weighted by molar-refractivity contribution is 5.62. The number of rotatable bonds is 5. The van der Waals surface area contributed by atoms with Crippen molar-refractivity contribution in [3.05, 3.63) is 53.6 Å². The van der Waals surface area contributed by atoms with Gasteiger partial charge in [0.1, 0.15) is 5.75 Å². The second kappa shape index (κ2) is 7.38. The molecule has 0 atom stereocenters. The first-order valence-electron chi connectivity index (χ1n) is 8.06. The van der Waals surface area contributed by atoms with Gasteiger partial charge in [0.2, 0.25) is 0 Å². The zero-order chi connectivity index (χ0) is 16.1. The van der Waals surface area contributed by atoms with Crippen molar-refractivity contribution in [1.29, 1.82) is 0 Å². The standard InChI is InChI=1S/C19H24N2O2/c1-15-6-7-17(21-8-10-23-11-9-21)13-19(15)20-14-16-4-3-5-18(12-16)22-2/h3-7,12-13,20H,8-11,14H2,1-2H3. The van der Waals surface area contributed by atoms with E-state index in [9.17, 15) is 0 Å². The number of hydrogen-bond donors (Lipinski definition) is 1. The first kappa shape index (κ1) is 15.7. The van der Waals surface area contributed by atoms with Gasteiger partial charge in [-0.2, -0.15) is 0 Å². The molecule has 1 fully saturated rings. The molecule has 122 valence electrons. The normalized spacial score (nSPS) is 14.6. The van der Waals surface area contributed by atoms with Crippen LogP contribution in [0.25, 0.3) is 0 Å². The van der Waals surface area contributed by atoms with Crippen LogP contribution in [0, 0.1) is 6.92 Å². The van der Waals surface area contributed by atoms with Gasteiger partial charge in [-0.3, -0.25) is 0 Å². The number of aryl methyl sites for hydroxylation is 1. The lowest BCUT2D eigenvalue weighted by molar-refractivity contribution is 0.122. The Morgan fingerprint density at radius 3 is 2.74 bits per heavy atom. The molecule has 23 heavy (non-hydrogen) atoms. The van der Waals surface area contributed by atoms with Crippen molar-refractivity contribution < 1.29 is 9.47 Å². The fourth-order valence-electron chi connectivity index (χ4n) is 2.80. The van der Waals surface area contributed by atoms with E-state index in [1.807, 2.05) is 12.1 Å². The highest BCUT2D eigenvalue weighted by Crippen LogP contribution is 2.25. The van der Waals surface area contributed by atoms with Crippen LogP contribution in [0.4, 0.5) is 11.4 Å². The van der Waals surface area contributed by atoms with Gasteiger partial charge < -0.3 is 19.7 Å². The van der Waals surface area contributed by atoms with Crippen LogP contribution in [0.3, 0.4) is 0 Å². The topological polar surface area (TPSA) is 33.7 Å². The molecule has 2 aromatic rings. The van der Waals surface area contributed by atoms with Gasteiger partial charge in [0.05, 0.1) is 20.3 Å². The third-order valence-corrected chi connectivity index (χ3v) is 4.21. The van der Waals surface area contributed by atoms with Gasteiger partial charge in [0.25, 0.3) is 0 Å². The number of nitrogens with zero attached hydrogens (tertiary/aromatic N) is 1. The maximum Gasteiger partial charge on any atom is 0.119 e. The Labute approximate surface area is 138 Å². The Balaban J connectivity index is 1.71. The summed E-state index contributed by atoms with van der Waals surface area (Å²) < 4.78 is 10.7. The van der Waals surface area contributed by atoms with Gasteiger partial charge in [0, 0.05) is 31.0 Å². The molecule has 1 N–H and O–H groups in total. The van der Waals surface area contributed by atoms with E-state index < -0.39 is 0 Å². The molecule has 0 amide bonds. The summed E-state index contributed by atoms with van der Waals surface area (Å²) in [6.45, 7) is 6.44. The molecule has 0 unspecified atom stereocenters. The van der Waals surface area contributed by atoms with E-state index >= 15 is 0 Å². The van der Waals surface area contributed by atoms with Crippen molar-refractivity contribution in [2.45, 2.75) is 13.5 Å². The number of hydrogen-bond acceptors (Lipinski definition) is 4. The molecule has 1 aliphatic heterocycles. The number of benzene rings is 2. The van der Waals surface area contributed by atoms with Crippen LogP contribution >= 0.6 is 0 Å². The SMILES string of the molecule is COc1cccc(CNc2cc(N3CCOCC3)ccc2C)c1. The Kier molecular flexibility index (Phi) is 5.03. The summed E-state index contributed by atoms with van der Waals surface area (Å²) in [6.07, 6.45) is 0. The van der Waals surface area contributed by atoms with Crippen LogP contribution < -0.4 is 15.0 Å². The fraction of sp³-hybridized carbons (Fsp3) is 0.368. The number of ether oxygens (including phenoxy) is 2. The lowest BCUT2D eigenvalue weighted by Crippen LogP contribution is -2.36. The molecule has 2 aromatic carbocycles. The number of morpholine rings is 1. The Morgan fingerprint density at radius 1 is 1.13 bits per heavy atom. The summed E-state index contributed by atoms with van der Waals surface area (Å²) in [5.41, 5.74) is 4.90. The smallest absolute Gasteiger partial charge is 0.119 e. The molecule has 0 spiro atoms.